The van der Waals surface area contributed by atoms with Crippen molar-refractivity contribution in [2.45, 2.75) is 25.7 Å². The van der Waals surface area contributed by atoms with E-state index in [0.29, 0.717) is 51.2 Å². The lowest BCUT2D eigenvalue weighted by Crippen LogP contribution is -2.28. The molecule has 0 aliphatic carbocycles. The van der Waals surface area contributed by atoms with E-state index in [1.165, 1.54) is 12.1 Å². The largest absolute Gasteiger partial charge is 0.494 e. The lowest BCUT2D eigenvalue weighted by molar-refractivity contribution is -0.121. The molecule has 1 heterocycles. The van der Waals surface area contributed by atoms with Gasteiger partial charge in [-0.1, -0.05) is 0 Å². The zero-order valence-corrected chi connectivity index (χ0v) is 15.5. The predicted octanol–water partition coefficient (Wildman–Crippen LogP) is 3.06. The number of amides is 2. The van der Waals surface area contributed by atoms with E-state index < -0.39 is 0 Å². The molecule has 0 radical (unpaired) electrons. The van der Waals surface area contributed by atoms with Crippen molar-refractivity contribution in [3.8, 4) is 11.5 Å². The van der Waals surface area contributed by atoms with Gasteiger partial charge in [0.05, 0.1) is 13.2 Å². The number of aryl methyl sites for hydroxylation is 1. The summed E-state index contributed by atoms with van der Waals surface area (Å²) in [5, 5.41) is 5.63. The van der Waals surface area contributed by atoms with E-state index in [4.69, 9.17) is 9.47 Å². The maximum absolute atomic E-state index is 12.8. The average Bonchev–Trinajstić information content (AvgIpc) is 2.70. The second-order valence-electron chi connectivity index (χ2n) is 6.47. The Labute approximate surface area is 163 Å². The number of nitrogens with one attached hydrogen (secondary N) is 2. The van der Waals surface area contributed by atoms with Crippen molar-refractivity contribution in [2.24, 2.45) is 0 Å². The molecule has 148 valence electrons. The van der Waals surface area contributed by atoms with Gasteiger partial charge in [-0.05, 0) is 60.9 Å². The Morgan fingerprint density at radius 1 is 1.04 bits per heavy atom. The van der Waals surface area contributed by atoms with Crippen molar-refractivity contribution in [3.05, 3.63) is 53.8 Å². The Bertz CT molecular complexity index is 824. The molecule has 2 N–H and O–H groups in total. The number of fused-ring (bicyclic) bond motifs is 1. The number of halogens is 1. The number of hydrogen-bond acceptors (Lipinski definition) is 4. The average molecular weight is 386 g/mol. The molecule has 28 heavy (non-hydrogen) atoms. The quantitative estimate of drug-likeness (QED) is 0.650. The smallest absolute Gasteiger partial charge is 0.224 e. The Hall–Kier alpha value is -3.09. The van der Waals surface area contributed by atoms with Gasteiger partial charge < -0.3 is 20.1 Å². The number of carbonyl (C=O) groups excluding carboxylic acids is 2. The second-order valence-corrected chi connectivity index (χ2v) is 6.47. The molecule has 2 aromatic carbocycles. The minimum absolute atomic E-state index is 0.0342. The van der Waals surface area contributed by atoms with E-state index >= 15 is 0 Å². The minimum atomic E-state index is -0.309. The van der Waals surface area contributed by atoms with Crippen molar-refractivity contribution in [1.82, 2.24) is 5.32 Å². The highest BCUT2D eigenvalue weighted by Crippen LogP contribution is 2.26. The fraction of sp³-hybridized carbons (Fsp3) is 0.333. The number of hydrogen-bond donors (Lipinski definition) is 2. The topological polar surface area (TPSA) is 76.7 Å². The summed E-state index contributed by atoms with van der Waals surface area (Å²) in [6, 6.07) is 11.3. The van der Waals surface area contributed by atoms with Crippen LogP contribution in [-0.4, -0.2) is 31.6 Å². The summed E-state index contributed by atoms with van der Waals surface area (Å²) in [4.78, 5) is 23.2. The molecule has 0 saturated heterocycles. The van der Waals surface area contributed by atoms with Crippen LogP contribution in [0.4, 0.5) is 10.1 Å². The van der Waals surface area contributed by atoms with Crippen LogP contribution in [0.15, 0.2) is 42.5 Å². The molecule has 7 heteroatoms. The molecular formula is C21H23FN2O4. The van der Waals surface area contributed by atoms with Gasteiger partial charge in [0, 0.05) is 18.5 Å². The Kier molecular flexibility index (Phi) is 6.84. The zero-order chi connectivity index (χ0) is 19.8. The lowest BCUT2D eigenvalue weighted by Gasteiger charge is -2.17. The van der Waals surface area contributed by atoms with E-state index in [2.05, 4.69) is 10.6 Å². The van der Waals surface area contributed by atoms with Crippen LogP contribution in [0.5, 0.6) is 11.5 Å². The van der Waals surface area contributed by atoms with Crippen molar-refractivity contribution < 1.29 is 23.5 Å². The maximum Gasteiger partial charge on any atom is 0.224 e. The molecule has 0 atom stereocenters. The van der Waals surface area contributed by atoms with Gasteiger partial charge in [0.25, 0.3) is 0 Å². The molecule has 2 amide bonds. The van der Waals surface area contributed by atoms with Gasteiger partial charge in [0.1, 0.15) is 23.9 Å². The Balaban J connectivity index is 1.28. The van der Waals surface area contributed by atoms with E-state index in [1.54, 1.807) is 18.2 Å². The molecule has 1 aliphatic heterocycles. The summed E-state index contributed by atoms with van der Waals surface area (Å²) in [6.45, 7) is 1.16. The summed E-state index contributed by atoms with van der Waals surface area (Å²) in [6.07, 6.45) is 2.10. The summed E-state index contributed by atoms with van der Waals surface area (Å²) in [7, 11) is 0. The third kappa shape index (κ3) is 5.97. The number of ether oxygens (including phenoxy) is 2. The number of rotatable bonds is 9. The predicted molar refractivity (Wildman–Crippen MR) is 103 cm³/mol. The van der Waals surface area contributed by atoms with E-state index in [0.717, 1.165) is 17.0 Å². The van der Waals surface area contributed by atoms with Crippen LogP contribution in [0, 0.1) is 5.82 Å². The normalized spacial score (nSPS) is 12.7. The highest BCUT2D eigenvalue weighted by molar-refractivity contribution is 5.94. The molecule has 0 aromatic heterocycles. The third-order valence-corrected chi connectivity index (χ3v) is 4.30. The Morgan fingerprint density at radius 3 is 2.61 bits per heavy atom. The van der Waals surface area contributed by atoms with Crippen LogP contribution in [0.3, 0.4) is 0 Å². The first-order valence-corrected chi connectivity index (χ1v) is 9.31. The van der Waals surface area contributed by atoms with Crippen LogP contribution >= 0.6 is 0 Å². The highest BCUT2D eigenvalue weighted by Gasteiger charge is 2.14. The standard InChI is InChI=1S/C21H23FN2O4/c22-16-4-6-17(7-5-16)27-12-1-2-20(25)23-11-13-28-18-8-9-19-15(14-18)3-10-21(26)24-19/h4-9,14H,1-3,10-13H2,(H,23,25)(H,24,26). The van der Waals surface area contributed by atoms with Gasteiger partial charge in [-0.25, -0.2) is 4.39 Å². The molecule has 0 unspecified atom stereocenters. The summed E-state index contributed by atoms with van der Waals surface area (Å²) < 4.78 is 23.9. The lowest BCUT2D eigenvalue weighted by atomic mass is 10.0. The van der Waals surface area contributed by atoms with Gasteiger partial charge in [-0.2, -0.15) is 0 Å². The molecule has 3 rings (SSSR count). The summed E-state index contributed by atoms with van der Waals surface area (Å²) >= 11 is 0. The first kappa shape index (κ1) is 19.7. The minimum Gasteiger partial charge on any atom is -0.494 e. The number of anilines is 1. The first-order chi connectivity index (χ1) is 13.6. The monoisotopic (exact) mass is 386 g/mol. The van der Waals surface area contributed by atoms with Crippen LogP contribution in [0.25, 0.3) is 0 Å². The first-order valence-electron chi connectivity index (χ1n) is 9.31. The summed E-state index contributed by atoms with van der Waals surface area (Å²) in [5.74, 6) is 0.958. The zero-order valence-electron chi connectivity index (χ0n) is 15.5. The third-order valence-electron chi connectivity index (χ3n) is 4.30. The van der Waals surface area contributed by atoms with Crippen molar-refractivity contribution in [2.75, 3.05) is 25.1 Å². The molecule has 2 aromatic rings. The van der Waals surface area contributed by atoms with E-state index in [-0.39, 0.29) is 17.6 Å². The second kappa shape index (κ2) is 9.73. The van der Waals surface area contributed by atoms with Gasteiger partial charge >= 0.3 is 0 Å². The molecular weight excluding hydrogens is 363 g/mol. The van der Waals surface area contributed by atoms with E-state index in [1.807, 2.05) is 12.1 Å². The number of carbonyl (C=O) groups is 2. The molecule has 6 nitrogen and oxygen atoms in total. The molecule has 0 saturated carbocycles. The van der Waals surface area contributed by atoms with Crippen molar-refractivity contribution >= 4 is 17.5 Å². The van der Waals surface area contributed by atoms with Gasteiger partial charge in [0.15, 0.2) is 0 Å². The van der Waals surface area contributed by atoms with Crippen LogP contribution in [0.1, 0.15) is 24.8 Å². The molecule has 0 spiro atoms. The number of benzene rings is 2. The van der Waals surface area contributed by atoms with Gasteiger partial charge in [-0.3, -0.25) is 9.59 Å². The molecule has 0 fully saturated rings. The van der Waals surface area contributed by atoms with Crippen molar-refractivity contribution in [3.63, 3.8) is 0 Å². The fourth-order valence-electron chi connectivity index (χ4n) is 2.85. The Morgan fingerprint density at radius 2 is 1.79 bits per heavy atom. The van der Waals surface area contributed by atoms with Gasteiger partial charge in [-0.15, -0.1) is 0 Å². The molecule has 1 aliphatic rings. The highest BCUT2D eigenvalue weighted by atomic mass is 19.1. The van der Waals surface area contributed by atoms with Crippen LogP contribution in [-0.2, 0) is 16.0 Å². The van der Waals surface area contributed by atoms with Crippen LogP contribution < -0.4 is 20.1 Å². The SMILES string of the molecule is O=C(CCCOc1ccc(F)cc1)NCCOc1ccc2c(c1)CCC(=O)N2. The fourth-order valence-corrected chi connectivity index (χ4v) is 2.85. The summed E-state index contributed by atoms with van der Waals surface area (Å²) in [5.41, 5.74) is 1.89. The van der Waals surface area contributed by atoms with Gasteiger partial charge in [0.2, 0.25) is 11.8 Å². The van der Waals surface area contributed by atoms with E-state index in [9.17, 15) is 14.0 Å². The molecule has 0 bridgehead atoms. The van der Waals surface area contributed by atoms with Crippen molar-refractivity contribution in [1.29, 1.82) is 0 Å². The van der Waals surface area contributed by atoms with Crippen LogP contribution in [0.2, 0.25) is 0 Å². The maximum atomic E-state index is 12.8.